The molecule has 0 saturated heterocycles. The molecule has 108 valence electrons. The van der Waals surface area contributed by atoms with Gasteiger partial charge >= 0.3 is 0 Å². The minimum atomic E-state index is -0.258. The molecule has 3 nitrogen and oxygen atoms in total. The van der Waals surface area contributed by atoms with E-state index in [-0.39, 0.29) is 5.82 Å². The predicted molar refractivity (Wildman–Crippen MR) is 76.2 cm³/mol. The minimum Gasteiger partial charge on any atom is -0.486 e. The van der Waals surface area contributed by atoms with Crippen LogP contribution in [0.1, 0.15) is 30.4 Å². The zero-order chi connectivity index (χ0) is 14.4. The molecule has 1 N–H and O–H groups in total. The summed E-state index contributed by atoms with van der Waals surface area (Å²) in [6.45, 7) is 5.83. The molecule has 0 atom stereocenters. The Morgan fingerprint density at radius 3 is 2.75 bits per heavy atom. The van der Waals surface area contributed by atoms with Crippen LogP contribution in [0.2, 0.25) is 0 Å². The van der Waals surface area contributed by atoms with Crippen LogP contribution in [0, 0.1) is 12.7 Å². The first kappa shape index (κ1) is 14.6. The second kappa shape index (κ2) is 7.10. The second-order valence-corrected chi connectivity index (χ2v) is 4.74. The van der Waals surface area contributed by atoms with E-state index in [1.165, 1.54) is 6.07 Å². The van der Waals surface area contributed by atoms with Crippen molar-refractivity contribution in [1.82, 2.24) is 5.32 Å². The highest BCUT2D eigenvalue weighted by molar-refractivity contribution is 5.28. The first-order chi connectivity index (χ1) is 9.69. The van der Waals surface area contributed by atoms with Crippen molar-refractivity contribution in [3.05, 3.63) is 53.2 Å². The van der Waals surface area contributed by atoms with Crippen molar-refractivity contribution >= 4 is 0 Å². The van der Waals surface area contributed by atoms with Gasteiger partial charge in [0, 0.05) is 6.07 Å². The maximum atomic E-state index is 13.4. The van der Waals surface area contributed by atoms with Crippen molar-refractivity contribution < 1.29 is 13.5 Å². The lowest BCUT2D eigenvalue weighted by Gasteiger charge is -2.05. The number of rotatable bonds is 7. The Hall–Kier alpha value is -1.81. The first-order valence-electron chi connectivity index (χ1n) is 6.86. The van der Waals surface area contributed by atoms with Gasteiger partial charge in [0.05, 0.1) is 6.54 Å². The number of benzene rings is 1. The van der Waals surface area contributed by atoms with Gasteiger partial charge in [0.1, 0.15) is 29.7 Å². The summed E-state index contributed by atoms with van der Waals surface area (Å²) >= 11 is 0. The lowest BCUT2D eigenvalue weighted by molar-refractivity contribution is 0.264. The quantitative estimate of drug-likeness (QED) is 0.782. The van der Waals surface area contributed by atoms with Crippen LogP contribution in [0.25, 0.3) is 0 Å². The Bertz CT molecular complexity index is 551. The molecule has 0 saturated carbocycles. The fourth-order valence-corrected chi connectivity index (χ4v) is 1.80. The van der Waals surface area contributed by atoms with E-state index >= 15 is 0 Å². The third-order valence-electron chi connectivity index (χ3n) is 2.97. The number of furan rings is 1. The van der Waals surface area contributed by atoms with Crippen molar-refractivity contribution in [2.45, 2.75) is 33.4 Å². The summed E-state index contributed by atoms with van der Waals surface area (Å²) < 4.78 is 24.5. The van der Waals surface area contributed by atoms with Gasteiger partial charge in [-0.25, -0.2) is 4.39 Å². The molecule has 0 unspecified atom stereocenters. The van der Waals surface area contributed by atoms with Crippen molar-refractivity contribution in [3.63, 3.8) is 0 Å². The van der Waals surface area contributed by atoms with Gasteiger partial charge in [-0.15, -0.1) is 0 Å². The molecule has 1 heterocycles. The lowest BCUT2D eigenvalue weighted by atomic mass is 10.2. The SMILES string of the molecule is CCCNCc1ccc(COc2ccc(C)c(F)c2)o1. The fraction of sp³-hybridized carbons (Fsp3) is 0.375. The Morgan fingerprint density at radius 1 is 1.20 bits per heavy atom. The molecule has 2 rings (SSSR count). The monoisotopic (exact) mass is 277 g/mol. The summed E-state index contributed by atoms with van der Waals surface area (Å²) in [6.07, 6.45) is 1.09. The molecule has 1 aromatic heterocycles. The standard InChI is InChI=1S/C16H20FNO2/c1-3-8-18-10-14-6-7-15(20-14)11-19-13-5-4-12(2)16(17)9-13/h4-7,9,18H,3,8,10-11H2,1-2H3. The van der Waals surface area contributed by atoms with E-state index in [2.05, 4.69) is 12.2 Å². The summed E-state index contributed by atoms with van der Waals surface area (Å²) in [5.41, 5.74) is 0.611. The van der Waals surface area contributed by atoms with Crippen LogP contribution in [-0.4, -0.2) is 6.54 Å². The van der Waals surface area contributed by atoms with Crippen LogP contribution < -0.4 is 10.1 Å². The summed E-state index contributed by atoms with van der Waals surface area (Å²) in [5, 5.41) is 3.27. The third kappa shape index (κ3) is 4.10. The average Bonchev–Trinajstić information content (AvgIpc) is 2.88. The largest absolute Gasteiger partial charge is 0.486 e. The van der Waals surface area contributed by atoms with E-state index < -0.39 is 0 Å². The van der Waals surface area contributed by atoms with E-state index in [0.29, 0.717) is 24.5 Å². The van der Waals surface area contributed by atoms with E-state index in [1.54, 1.807) is 19.1 Å². The number of halogens is 1. The molecule has 0 bridgehead atoms. The smallest absolute Gasteiger partial charge is 0.146 e. The van der Waals surface area contributed by atoms with Crippen LogP contribution in [0.3, 0.4) is 0 Å². The average molecular weight is 277 g/mol. The van der Waals surface area contributed by atoms with Gasteiger partial charge in [-0.2, -0.15) is 0 Å². The number of aryl methyl sites for hydroxylation is 1. The molecule has 1 aromatic carbocycles. The van der Waals surface area contributed by atoms with Crippen LogP contribution in [0.4, 0.5) is 4.39 Å². The topological polar surface area (TPSA) is 34.4 Å². The molecular formula is C16H20FNO2. The van der Waals surface area contributed by atoms with Gasteiger partial charge in [0.2, 0.25) is 0 Å². The van der Waals surface area contributed by atoms with Crippen molar-refractivity contribution in [2.24, 2.45) is 0 Å². The zero-order valence-corrected chi connectivity index (χ0v) is 11.9. The van der Waals surface area contributed by atoms with Crippen LogP contribution >= 0.6 is 0 Å². The Morgan fingerprint density at radius 2 is 2.00 bits per heavy atom. The zero-order valence-electron chi connectivity index (χ0n) is 11.9. The van der Waals surface area contributed by atoms with Gasteiger partial charge in [-0.05, 0) is 43.7 Å². The molecule has 0 aliphatic rings. The van der Waals surface area contributed by atoms with Crippen LogP contribution in [0.5, 0.6) is 5.75 Å². The highest BCUT2D eigenvalue weighted by Crippen LogP contribution is 2.18. The minimum absolute atomic E-state index is 0.258. The molecule has 0 spiro atoms. The van der Waals surface area contributed by atoms with E-state index in [4.69, 9.17) is 9.15 Å². The van der Waals surface area contributed by atoms with Gasteiger partial charge < -0.3 is 14.5 Å². The molecule has 0 fully saturated rings. The maximum Gasteiger partial charge on any atom is 0.146 e. The summed E-state index contributed by atoms with van der Waals surface area (Å²) in [7, 11) is 0. The number of nitrogens with one attached hydrogen (secondary N) is 1. The predicted octanol–water partition coefficient (Wildman–Crippen LogP) is 3.81. The first-order valence-corrected chi connectivity index (χ1v) is 6.86. The van der Waals surface area contributed by atoms with Crippen molar-refractivity contribution in [1.29, 1.82) is 0 Å². The highest BCUT2D eigenvalue weighted by atomic mass is 19.1. The lowest BCUT2D eigenvalue weighted by Crippen LogP contribution is -2.13. The van der Waals surface area contributed by atoms with Gasteiger partial charge in [0.25, 0.3) is 0 Å². The molecule has 2 aromatic rings. The van der Waals surface area contributed by atoms with Crippen molar-refractivity contribution in [3.8, 4) is 5.75 Å². The molecule has 0 radical (unpaired) electrons. The normalized spacial score (nSPS) is 10.8. The molecule has 0 aliphatic heterocycles. The van der Waals surface area contributed by atoms with Crippen molar-refractivity contribution in [2.75, 3.05) is 6.54 Å². The molecule has 20 heavy (non-hydrogen) atoms. The maximum absolute atomic E-state index is 13.4. The summed E-state index contributed by atoms with van der Waals surface area (Å²) in [5.74, 6) is 1.87. The van der Waals surface area contributed by atoms with Gasteiger partial charge in [-0.1, -0.05) is 13.0 Å². The molecular weight excluding hydrogens is 257 g/mol. The van der Waals surface area contributed by atoms with Crippen LogP contribution in [0.15, 0.2) is 34.7 Å². The Labute approximate surface area is 118 Å². The second-order valence-electron chi connectivity index (χ2n) is 4.74. The molecule has 4 heteroatoms. The number of hydrogen-bond donors (Lipinski definition) is 1. The molecule has 0 aliphatic carbocycles. The van der Waals surface area contributed by atoms with E-state index in [0.717, 1.165) is 24.5 Å². The number of ether oxygens (including phenoxy) is 1. The summed E-state index contributed by atoms with van der Waals surface area (Å²) in [4.78, 5) is 0. The molecule has 0 amide bonds. The Balaban J connectivity index is 1.85. The number of hydrogen-bond acceptors (Lipinski definition) is 3. The van der Waals surface area contributed by atoms with Gasteiger partial charge in [0.15, 0.2) is 0 Å². The third-order valence-corrected chi connectivity index (χ3v) is 2.97. The highest BCUT2D eigenvalue weighted by Gasteiger charge is 2.04. The van der Waals surface area contributed by atoms with E-state index in [1.807, 2.05) is 12.1 Å². The van der Waals surface area contributed by atoms with E-state index in [9.17, 15) is 4.39 Å². The fourth-order valence-electron chi connectivity index (χ4n) is 1.80. The summed E-state index contributed by atoms with van der Waals surface area (Å²) in [6, 6.07) is 8.66. The Kier molecular flexibility index (Phi) is 5.18. The van der Waals surface area contributed by atoms with Crippen LogP contribution in [-0.2, 0) is 13.2 Å². The van der Waals surface area contributed by atoms with Gasteiger partial charge in [-0.3, -0.25) is 0 Å².